The normalized spacial score (nSPS) is 11.8. The Morgan fingerprint density at radius 3 is 2.48 bits per heavy atom. The summed E-state index contributed by atoms with van der Waals surface area (Å²) in [5.74, 6) is 0.480. The van der Waals surface area contributed by atoms with Gasteiger partial charge in [0.15, 0.2) is 6.10 Å². The minimum Gasteiger partial charge on any atom is -0.481 e. The Morgan fingerprint density at radius 2 is 1.86 bits per heavy atom. The molecule has 3 nitrogen and oxygen atoms in total. The van der Waals surface area contributed by atoms with Crippen LogP contribution in [0.5, 0.6) is 5.75 Å². The first-order chi connectivity index (χ1) is 10.1. The largest absolute Gasteiger partial charge is 0.481 e. The van der Waals surface area contributed by atoms with E-state index in [9.17, 15) is 4.79 Å². The number of carbonyl (C=O) groups excluding carboxylic acids is 1. The average molecular weight is 304 g/mol. The van der Waals surface area contributed by atoms with E-state index in [1.54, 1.807) is 12.1 Å². The summed E-state index contributed by atoms with van der Waals surface area (Å²) in [6.07, 6.45) is 0.0217. The smallest absolute Gasteiger partial charge is 0.265 e. The van der Waals surface area contributed by atoms with E-state index in [0.29, 0.717) is 22.9 Å². The standard InChI is InChI=1S/C17H18ClNO2/c1-3-16(21-13-10-8-12(2)9-11-13)17(20)19-15-7-5-4-6-14(15)18/h4-11,16H,3H2,1-2H3,(H,19,20)/t16-/m1/s1. The predicted molar refractivity (Wildman–Crippen MR) is 86.0 cm³/mol. The summed E-state index contributed by atoms with van der Waals surface area (Å²) in [7, 11) is 0. The quantitative estimate of drug-likeness (QED) is 0.886. The van der Waals surface area contributed by atoms with Crippen LogP contribution in [0.4, 0.5) is 5.69 Å². The first kappa shape index (κ1) is 15.4. The number of carbonyl (C=O) groups is 1. The van der Waals surface area contributed by atoms with Crippen LogP contribution in [0.15, 0.2) is 48.5 Å². The van der Waals surface area contributed by atoms with E-state index < -0.39 is 6.10 Å². The van der Waals surface area contributed by atoms with Crippen LogP contribution in [0.2, 0.25) is 5.02 Å². The van der Waals surface area contributed by atoms with Gasteiger partial charge in [-0.15, -0.1) is 0 Å². The van der Waals surface area contributed by atoms with Crippen molar-refractivity contribution in [2.75, 3.05) is 5.32 Å². The lowest BCUT2D eigenvalue weighted by Crippen LogP contribution is -2.32. The molecule has 1 N–H and O–H groups in total. The predicted octanol–water partition coefficient (Wildman–Crippen LogP) is 4.44. The molecule has 0 saturated carbocycles. The van der Waals surface area contributed by atoms with Gasteiger partial charge in [0.25, 0.3) is 5.91 Å². The van der Waals surface area contributed by atoms with Gasteiger partial charge in [-0.1, -0.05) is 48.4 Å². The summed E-state index contributed by atoms with van der Waals surface area (Å²) in [6, 6.07) is 14.8. The molecule has 110 valence electrons. The highest BCUT2D eigenvalue weighted by Gasteiger charge is 2.19. The zero-order chi connectivity index (χ0) is 15.2. The summed E-state index contributed by atoms with van der Waals surface area (Å²) < 4.78 is 5.74. The van der Waals surface area contributed by atoms with Gasteiger partial charge in [0.1, 0.15) is 5.75 Å². The number of hydrogen-bond acceptors (Lipinski definition) is 2. The van der Waals surface area contributed by atoms with Crippen LogP contribution in [0, 0.1) is 6.92 Å². The third-order valence-corrected chi connectivity index (χ3v) is 3.42. The van der Waals surface area contributed by atoms with Crippen LogP contribution in [0.3, 0.4) is 0 Å². The molecule has 0 bridgehead atoms. The second-order valence-electron chi connectivity index (χ2n) is 4.80. The molecule has 0 unspecified atom stereocenters. The van der Waals surface area contributed by atoms with Gasteiger partial charge in [-0.2, -0.15) is 0 Å². The second-order valence-corrected chi connectivity index (χ2v) is 5.20. The average Bonchev–Trinajstić information content (AvgIpc) is 2.49. The van der Waals surface area contributed by atoms with Crippen molar-refractivity contribution in [2.24, 2.45) is 0 Å². The van der Waals surface area contributed by atoms with Gasteiger partial charge in [0.05, 0.1) is 10.7 Å². The van der Waals surface area contributed by atoms with Crippen molar-refractivity contribution in [1.82, 2.24) is 0 Å². The second kappa shape index (κ2) is 7.14. The number of rotatable bonds is 5. The number of aryl methyl sites for hydroxylation is 1. The molecule has 0 heterocycles. The molecular formula is C17H18ClNO2. The number of benzene rings is 2. The van der Waals surface area contributed by atoms with E-state index in [4.69, 9.17) is 16.3 Å². The molecule has 0 fully saturated rings. The lowest BCUT2D eigenvalue weighted by atomic mass is 10.2. The number of hydrogen-bond donors (Lipinski definition) is 1. The van der Waals surface area contributed by atoms with Crippen LogP contribution >= 0.6 is 11.6 Å². The van der Waals surface area contributed by atoms with Gasteiger partial charge in [0, 0.05) is 0 Å². The van der Waals surface area contributed by atoms with Crippen molar-refractivity contribution in [1.29, 1.82) is 0 Å². The molecule has 1 amide bonds. The fourth-order valence-corrected chi connectivity index (χ4v) is 2.06. The molecule has 0 saturated heterocycles. The third kappa shape index (κ3) is 4.23. The molecule has 21 heavy (non-hydrogen) atoms. The van der Waals surface area contributed by atoms with E-state index in [-0.39, 0.29) is 5.91 Å². The van der Waals surface area contributed by atoms with Crippen molar-refractivity contribution in [2.45, 2.75) is 26.4 Å². The molecule has 0 spiro atoms. The molecule has 0 aliphatic carbocycles. The van der Waals surface area contributed by atoms with Gasteiger partial charge in [-0.05, 0) is 37.6 Å². The van der Waals surface area contributed by atoms with Gasteiger partial charge >= 0.3 is 0 Å². The van der Waals surface area contributed by atoms with E-state index in [0.717, 1.165) is 5.56 Å². The zero-order valence-electron chi connectivity index (χ0n) is 12.1. The van der Waals surface area contributed by atoms with Crippen LogP contribution < -0.4 is 10.1 Å². The summed E-state index contributed by atoms with van der Waals surface area (Å²) in [6.45, 7) is 3.91. The molecule has 2 aromatic carbocycles. The number of nitrogens with one attached hydrogen (secondary N) is 1. The highest BCUT2D eigenvalue weighted by Crippen LogP contribution is 2.21. The Kier molecular flexibility index (Phi) is 5.23. The van der Waals surface area contributed by atoms with Crippen molar-refractivity contribution < 1.29 is 9.53 Å². The van der Waals surface area contributed by atoms with Crippen LogP contribution in [0.25, 0.3) is 0 Å². The monoisotopic (exact) mass is 303 g/mol. The number of para-hydroxylation sites is 1. The van der Waals surface area contributed by atoms with Gasteiger partial charge < -0.3 is 10.1 Å². The highest BCUT2D eigenvalue weighted by atomic mass is 35.5. The number of amides is 1. The van der Waals surface area contributed by atoms with Gasteiger partial charge in [-0.25, -0.2) is 0 Å². The summed E-state index contributed by atoms with van der Waals surface area (Å²) in [4.78, 5) is 12.3. The van der Waals surface area contributed by atoms with Crippen LogP contribution in [-0.4, -0.2) is 12.0 Å². The first-order valence-electron chi connectivity index (χ1n) is 6.89. The fourth-order valence-electron chi connectivity index (χ4n) is 1.88. The summed E-state index contributed by atoms with van der Waals surface area (Å²) >= 11 is 6.04. The maximum absolute atomic E-state index is 12.3. The Balaban J connectivity index is 2.05. The highest BCUT2D eigenvalue weighted by molar-refractivity contribution is 6.33. The summed E-state index contributed by atoms with van der Waals surface area (Å²) in [5, 5.41) is 3.31. The molecule has 1 atom stereocenters. The first-order valence-corrected chi connectivity index (χ1v) is 7.26. The SMILES string of the molecule is CC[C@@H](Oc1ccc(C)cc1)C(=O)Nc1ccccc1Cl. The van der Waals surface area contributed by atoms with Crippen molar-refractivity contribution in [3.8, 4) is 5.75 Å². The fraction of sp³-hybridized carbons (Fsp3) is 0.235. The topological polar surface area (TPSA) is 38.3 Å². The zero-order valence-corrected chi connectivity index (χ0v) is 12.9. The Morgan fingerprint density at radius 1 is 1.19 bits per heavy atom. The van der Waals surface area contributed by atoms with Gasteiger partial charge in [0.2, 0.25) is 0 Å². The van der Waals surface area contributed by atoms with E-state index in [1.807, 2.05) is 50.2 Å². The molecule has 2 aromatic rings. The molecule has 2 rings (SSSR count). The summed E-state index contributed by atoms with van der Waals surface area (Å²) in [5.41, 5.74) is 1.74. The van der Waals surface area contributed by atoms with Crippen LogP contribution in [-0.2, 0) is 4.79 Å². The minimum absolute atomic E-state index is 0.203. The maximum atomic E-state index is 12.3. The van der Waals surface area contributed by atoms with E-state index in [1.165, 1.54) is 0 Å². The van der Waals surface area contributed by atoms with Crippen molar-refractivity contribution in [3.63, 3.8) is 0 Å². The van der Waals surface area contributed by atoms with Crippen LogP contribution in [0.1, 0.15) is 18.9 Å². The maximum Gasteiger partial charge on any atom is 0.265 e. The minimum atomic E-state index is -0.552. The number of anilines is 1. The van der Waals surface area contributed by atoms with Crippen molar-refractivity contribution >= 4 is 23.2 Å². The third-order valence-electron chi connectivity index (χ3n) is 3.09. The molecule has 0 aromatic heterocycles. The Labute approximate surface area is 129 Å². The van der Waals surface area contributed by atoms with E-state index in [2.05, 4.69) is 5.32 Å². The lowest BCUT2D eigenvalue weighted by molar-refractivity contribution is -0.122. The number of ether oxygens (including phenoxy) is 1. The Bertz CT molecular complexity index is 610. The van der Waals surface area contributed by atoms with E-state index >= 15 is 0 Å². The number of halogens is 1. The molecular weight excluding hydrogens is 286 g/mol. The lowest BCUT2D eigenvalue weighted by Gasteiger charge is -2.17. The van der Waals surface area contributed by atoms with Crippen molar-refractivity contribution in [3.05, 3.63) is 59.1 Å². The molecule has 0 aliphatic rings. The Hall–Kier alpha value is -2.00. The molecule has 0 aliphatic heterocycles. The molecule has 4 heteroatoms. The molecule has 0 radical (unpaired) electrons. The van der Waals surface area contributed by atoms with Gasteiger partial charge in [-0.3, -0.25) is 4.79 Å².